The SMILES string of the molecule is CC1(C)C(NC(=O)c2ccccc2)C(C)(C)C1(OCCCCCOCCCN)Oc1ccc(C#N)c(Cl)c1. The van der Waals surface area contributed by atoms with Crippen LogP contribution >= 0.6 is 11.6 Å². The fourth-order valence-electron chi connectivity index (χ4n) is 5.67. The third-order valence-corrected chi connectivity index (χ3v) is 7.82. The molecule has 0 bridgehead atoms. The summed E-state index contributed by atoms with van der Waals surface area (Å²) in [7, 11) is 0. The maximum Gasteiger partial charge on any atom is 0.251 e. The molecule has 3 N–H and O–H groups in total. The number of nitriles is 1. The molecule has 1 aliphatic carbocycles. The Kier molecular flexibility index (Phi) is 10.2. The van der Waals surface area contributed by atoms with E-state index >= 15 is 0 Å². The summed E-state index contributed by atoms with van der Waals surface area (Å²) in [5, 5.41) is 12.8. The number of nitrogens with two attached hydrogens (primary N) is 1. The lowest BCUT2D eigenvalue weighted by Gasteiger charge is -2.69. The molecule has 0 heterocycles. The second-order valence-electron chi connectivity index (χ2n) is 10.9. The summed E-state index contributed by atoms with van der Waals surface area (Å²) in [5.74, 6) is -0.679. The van der Waals surface area contributed by atoms with Crippen molar-refractivity contribution >= 4 is 17.5 Å². The molecule has 206 valence electrons. The van der Waals surface area contributed by atoms with E-state index in [0.29, 0.717) is 48.3 Å². The first-order valence-corrected chi connectivity index (χ1v) is 13.6. The predicted molar refractivity (Wildman–Crippen MR) is 149 cm³/mol. The van der Waals surface area contributed by atoms with Crippen LogP contribution in [0.25, 0.3) is 0 Å². The van der Waals surface area contributed by atoms with Crippen LogP contribution in [0.2, 0.25) is 5.02 Å². The molecule has 1 fully saturated rings. The third-order valence-electron chi connectivity index (χ3n) is 7.51. The van der Waals surface area contributed by atoms with Crippen molar-refractivity contribution in [1.82, 2.24) is 5.32 Å². The van der Waals surface area contributed by atoms with Crippen LogP contribution in [0, 0.1) is 22.2 Å². The standard InChI is InChI=1S/C30H40ClN3O4/c1-28(2)27(34-26(35)22-12-7-5-8-13-22)29(3,4)30(28,37-19-10-6-9-17-36-18-11-16-32)38-24-15-14-23(21-33)25(31)20-24/h5,7-8,12-15,20,27H,6,9-11,16-19,32H2,1-4H3,(H,34,35). The van der Waals surface area contributed by atoms with Crippen molar-refractivity contribution in [1.29, 1.82) is 5.26 Å². The molecule has 38 heavy (non-hydrogen) atoms. The minimum atomic E-state index is -1.05. The Labute approximate surface area is 231 Å². The third kappa shape index (κ3) is 6.16. The normalized spacial score (nSPS) is 21.2. The number of unbranched alkanes of at least 4 members (excludes halogenated alkanes) is 2. The van der Waals surface area contributed by atoms with E-state index in [0.717, 1.165) is 25.7 Å². The Morgan fingerprint density at radius 1 is 1.00 bits per heavy atom. The van der Waals surface area contributed by atoms with Gasteiger partial charge in [-0.2, -0.15) is 5.26 Å². The summed E-state index contributed by atoms with van der Waals surface area (Å²) >= 11 is 6.31. The van der Waals surface area contributed by atoms with Crippen LogP contribution in [0.15, 0.2) is 48.5 Å². The molecule has 0 saturated heterocycles. The van der Waals surface area contributed by atoms with Crippen molar-refractivity contribution < 1.29 is 19.0 Å². The van der Waals surface area contributed by atoms with Gasteiger partial charge in [0.1, 0.15) is 11.8 Å². The molecule has 2 aromatic carbocycles. The van der Waals surface area contributed by atoms with Gasteiger partial charge in [0.05, 0.1) is 34.1 Å². The maximum absolute atomic E-state index is 13.1. The monoisotopic (exact) mass is 541 g/mol. The number of benzene rings is 2. The molecule has 2 aromatic rings. The van der Waals surface area contributed by atoms with Gasteiger partial charge in [0, 0.05) is 24.8 Å². The number of amides is 1. The number of halogens is 1. The van der Waals surface area contributed by atoms with E-state index in [9.17, 15) is 10.1 Å². The molecule has 3 rings (SSSR count). The predicted octanol–water partition coefficient (Wildman–Crippen LogP) is 5.70. The highest BCUT2D eigenvalue weighted by molar-refractivity contribution is 6.31. The lowest BCUT2D eigenvalue weighted by Crippen LogP contribution is -2.83. The molecule has 7 nitrogen and oxygen atoms in total. The van der Waals surface area contributed by atoms with Crippen molar-refractivity contribution in [2.45, 2.75) is 65.2 Å². The highest BCUT2D eigenvalue weighted by Crippen LogP contribution is 2.64. The minimum Gasteiger partial charge on any atom is -0.461 e. The van der Waals surface area contributed by atoms with Gasteiger partial charge in [0.15, 0.2) is 0 Å². The zero-order valence-corrected chi connectivity index (χ0v) is 23.6. The van der Waals surface area contributed by atoms with Crippen molar-refractivity contribution in [3.8, 4) is 11.8 Å². The van der Waals surface area contributed by atoms with Gasteiger partial charge >= 0.3 is 0 Å². The van der Waals surface area contributed by atoms with Crippen LogP contribution in [0.1, 0.15) is 69.3 Å². The minimum absolute atomic E-state index is 0.138. The first-order chi connectivity index (χ1) is 18.1. The summed E-state index contributed by atoms with van der Waals surface area (Å²) in [6.45, 7) is 10.7. The first-order valence-electron chi connectivity index (χ1n) is 13.3. The number of hydrogen-bond donors (Lipinski definition) is 2. The van der Waals surface area contributed by atoms with E-state index in [2.05, 4.69) is 11.4 Å². The average Bonchev–Trinajstić information content (AvgIpc) is 2.90. The Morgan fingerprint density at radius 2 is 1.66 bits per heavy atom. The number of hydrogen-bond acceptors (Lipinski definition) is 6. The molecular formula is C30H40ClN3O4. The Hall–Kier alpha value is -2.63. The van der Waals surface area contributed by atoms with Gasteiger partial charge in [0.2, 0.25) is 5.79 Å². The summed E-state index contributed by atoms with van der Waals surface area (Å²) in [4.78, 5) is 13.1. The summed E-state index contributed by atoms with van der Waals surface area (Å²) < 4.78 is 18.9. The van der Waals surface area contributed by atoms with Gasteiger partial charge in [-0.3, -0.25) is 4.79 Å². The van der Waals surface area contributed by atoms with Gasteiger partial charge in [0.25, 0.3) is 5.91 Å². The van der Waals surface area contributed by atoms with Crippen LogP contribution < -0.4 is 15.8 Å². The lowest BCUT2D eigenvalue weighted by atomic mass is 9.46. The number of nitrogens with one attached hydrogen (secondary N) is 1. The smallest absolute Gasteiger partial charge is 0.251 e. The van der Waals surface area contributed by atoms with Crippen LogP contribution in [0.3, 0.4) is 0 Å². The quantitative estimate of drug-likeness (QED) is 0.234. The highest BCUT2D eigenvalue weighted by atomic mass is 35.5. The number of carbonyl (C=O) groups is 1. The van der Waals surface area contributed by atoms with Crippen LogP contribution in [-0.2, 0) is 9.47 Å². The number of ether oxygens (including phenoxy) is 3. The van der Waals surface area contributed by atoms with E-state index in [1.54, 1.807) is 30.3 Å². The van der Waals surface area contributed by atoms with Gasteiger partial charge in [-0.1, -0.05) is 57.5 Å². The van der Waals surface area contributed by atoms with E-state index in [-0.39, 0.29) is 11.9 Å². The molecule has 8 heteroatoms. The van der Waals surface area contributed by atoms with E-state index < -0.39 is 16.6 Å². The second-order valence-corrected chi connectivity index (χ2v) is 11.3. The van der Waals surface area contributed by atoms with E-state index in [1.165, 1.54) is 0 Å². The van der Waals surface area contributed by atoms with Crippen molar-refractivity contribution in [2.75, 3.05) is 26.4 Å². The Morgan fingerprint density at radius 3 is 2.29 bits per heavy atom. The molecule has 0 atom stereocenters. The topological polar surface area (TPSA) is 107 Å². The van der Waals surface area contributed by atoms with E-state index in [4.69, 9.17) is 31.5 Å². The first kappa shape index (κ1) is 29.9. The number of rotatable bonds is 14. The molecule has 0 unspecified atom stereocenters. The molecule has 1 aliphatic rings. The molecule has 0 aliphatic heterocycles. The molecular weight excluding hydrogens is 502 g/mol. The molecule has 1 saturated carbocycles. The Bertz CT molecular complexity index is 1100. The molecule has 0 spiro atoms. The zero-order valence-electron chi connectivity index (χ0n) is 22.9. The molecule has 0 radical (unpaired) electrons. The van der Waals surface area contributed by atoms with Gasteiger partial charge in [-0.05, 0) is 56.5 Å². The molecule has 0 aromatic heterocycles. The largest absolute Gasteiger partial charge is 0.461 e. The summed E-state index contributed by atoms with van der Waals surface area (Å²) in [6, 6.07) is 16.0. The van der Waals surface area contributed by atoms with Crippen molar-refractivity contribution in [3.63, 3.8) is 0 Å². The van der Waals surface area contributed by atoms with Crippen molar-refractivity contribution in [3.05, 3.63) is 64.7 Å². The fourth-order valence-corrected chi connectivity index (χ4v) is 5.88. The Balaban J connectivity index is 1.76. The summed E-state index contributed by atoms with van der Waals surface area (Å²) in [6.07, 6.45) is 3.60. The molecule has 1 amide bonds. The fraction of sp³-hybridized carbons (Fsp3) is 0.533. The second kappa shape index (κ2) is 12.9. The van der Waals surface area contributed by atoms with Crippen molar-refractivity contribution in [2.24, 2.45) is 16.6 Å². The van der Waals surface area contributed by atoms with Crippen LogP contribution in [0.5, 0.6) is 5.75 Å². The average molecular weight is 542 g/mol. The van der Waals surface area contributed by atoms with Gasteiger partial charge < -0.3 is 25.3 Å². The number of nitrogens with zero attached hydrogens (tertiary/aromatic N) is 1. The lowest BCUT2D eigenvalue weighted by molar-refractivity contribution is -0.384. The highest BCUT2D eigenvalue weighted by Gasteiger charge is 2.76. The maximum atomic E-state index is 13.1. The van der Waals surface area contributed by atoms with Crippen LogP contribution in [-0.4, -0.2) is 44.1 Å². The van der Waals surface area contributed by atoms with Gasteiger partial charge in [-0.15, -0.1) is 0 Å². The van der Waals surface area contributed by atoms with E-state index in [1.807, 2.05) is 45.9 Å². The number of carbonyl (C=O) groups excluding carboxylic acids is 1. The zero-order chi connectivity index (χ0) is 27.8. The van der Waals surface area contributed by atoms with Gasteiger partial charge in [-0.25, -0.2) is 0 Å². The van der Waals surface area contributed by atoms with Crippen LogP contribution in [0.4, 0.5) is 0 Å². The summed E-state index contributed by atoms with van der Waals surface area (Å²) in [5.41, 5.74) is 5.30.